The molecule has 7 heteroatoms. The Labute approximate surface area is 190 Å². The van der Waals surface area contributed by atoms with Gasteiger partial charge in [0.15, 0.2) is 0 Å². The third-order valence-electron chi connectivity index (χ3n) is 6.56. The van der Waals surface area contributed by atoms with Gasteiger partial charge in [0.2, 0.25) is 0 Å². The number of anilines is 2. The number of aromatic nitrogens is 2. The number of hydrogen-bond acceptors (Lipinski definition) is 6. The predicted molar refractivity (Wildman–Crippen MR) is 125 cm³/mol. The van der Waals surface area contributed by atoms with Gasteiger partial charge in [0.05, 0.1) is 6.10 Å². The van der Waals surface area contributed by atoms with E-state index in [0.29, 0.717) is 24.8 Å². The molecule has 1 saturated carbocycles. The number of pyridine rings is 2. The van der Waals surface area contributed by atoms with Gasteiger partial charge in [0.25, 0.3) is 0 Å². The second-order valence-electron chi connectivity index (χ2n) is 9.15. The van der Waals surface area contributed by atoms with Gasteiger partial charge in [-0.25, -0.2) is 14.8 Å². The Morgan fingerprint density at radius 2 is 2.09 bits per heavy atom. The fourth-order valence-electron chi connectivity index (χ4n) is 4.45. The van der Waals surface area contributed by atoms with Crippen molar-refractivity contribution in [3.05, 3.63) is 46.8 Å². The van der Waals surface area contributed by atoms with E-state index in [1.165, 1.54) is 12.0 Å². The maximum Gasteiger partial charge on any atom is 0.326 e. The zero-order valence-electron chi connectivity index (χ0n) is 19.1. The fourth-order valence-corrected chi connectivity index (χ4v) is 4.45. The first kappa shape index (κ1) is 22.5. The molecule has 7 nitrogen and oxygen atoms in total. The van der Waals surface area contributed by atoms with Crippen LogP contribution in [-0.4, -0.2) is 46.3 Å². The van der Waals surface area contributed by atoms with Gasteiger partial charge in [-0.3, -0.25) is 0 Å². The molecule has 3 N–H and O–H groups in total. The minimum atomic E-state index is -0.880. The van der Waals surface area contributed by atoms with E-state index in [9.17, 15) is 9.90 Å². The number of nitrogens with zero attached hydrogens (tertiary/aromatic N) is 2. The number of aliphatic carboxylic acids is 1. The molecule has 4 rings (SSSR count). The summed E-state index contributed by atoms with van der Waals surface area (Å²) in [5.41, 5.74) is 4.30. The van der Waals surface area contributed by atoms with E-state index >= 15 is 0 Å². The molecule has 3 heterocycles. The lowest BCUT2D eigenvalue weighted by Gasteiger charge is -2.35. The molecule has 1 aliphatic carbocycles. The van der Waals surface area contributed by atoms with Crippen molar-refractivity contribution >= 4 is 17.6 Å². The van der Waals surface area contributed by atoms with Crippen LogP contribution in [0.1, 0.15) is 54.6 Å². The molecule has 1 atom stereocenters. The van der Waals surface area contributed by atoms with Gasteiger partial charge in [0.1, 0.15) is 17.7 Å². The highest BCUT2D eigenvalue weighted by Crippen LogP contribution is 2.34. The van der Waals surface area contributed by atoms with E-state index in [2.05, 4.69) is 27.8 Å². The SMILES string of the molecule is Cc1ccc(C)c(N[C@@H](CCOC2CC(CCc3ccc4c(n3)NCCC4)C2)C(=O)O)n1. The average molecular weight is 439 g/mol. The van der Waals surface area contributed by atoms with Crippen LogP contribution >= 0.6 is 0 Å². The number of carboxylic acids is 1. The summed E-state index contributed by atoms with van der Waals surface area (Å²) in [6.45, 7) is 5.28. The van der Waals surface area contributed by atoms with Crippen LogP contribution in [0.5, 0.6) is 0 Å². The van der Waals surface area contributed by atoms with Crippen molar-refractivity contribution in [2.45, 2.75) is 70.9 Å². The Balaban J connectivity index is 1.16. The molecule has 0 aromatic carbocycles. The fraction of sp³-hybridized carbons (Fsp3) is 0.560. The quantitative estimate of drug-likeness (QED) is 0.513. The second-order valence-corrected chi connectivity index (χ2v) is 9.15. The molecular weight excluding hydrogens is 404 g/mol. The summed E-state index contributed by atoms with van der Waals surface area (Å²) in [4.78, 5) is 20.9. The highest BCUT2D eigenvalue weighted by molar-refractivity contribution is 5.77. The molecule has 32 heavy (non-hydrogen) atoms. The minimum absolute atomic E-state index is 0.242. The van der Waals surface area contributed by atoms with Crippen molar-refractivity contribution in [2.75, 3.05) is 23.8 Å². The van der Waals surface area contributed by atoms with Gasteiger partial charge in [-0.2, -0.15) is 0 Å². The van der Waals surface area contributed by atoms with Crippen LogP contribution in [0.3, 0.4) is 0 Å². The van der Waals surface area contributed by atoms with E-state index in [1.54, 1.807) is 0 Å². The maximum absolute atomic E-state index is 11.7. The predicted octanol–water partition coefficient (Wildman–Crippen LogP) is 4.13. The monoisotopic (exact) mass is 438 g/mol. The first-order valence-corrected chi connectivity index (χ1v) is 11.8. The molecule has 0 spiro atoms. The Kier molecular flexibility index (Phi) is 7.25. The Morgan fingerprint density at radius 3 is 2.91 bits per heavy atom. The summed E-state index contributed by atoms with van der Waals surface area (Å²) in [6.07, 6.45) is 7.19. The van der Waals surface area contributed by atoms with Crippen LogP contribution in [-0.2, 0) is 22.4 Å². The normalized spacial score (nSPS) is 20.6. The molecule has 2 aromatic rings. The minimum Gasteiger partial charge on any atom is -0.480 e. The van der Waals surface area contributed by atoms with E-state index in [-0.39, 0.29) is 6.10 Å². The number of hydrogen-bond donors (Lipinski definition) is 3. The second kappa shape index (κ2) is 10.3. The van der Waals surface area contributed by atoms with Gasteiger partial charge in [0, 0.05) is 31.0 Å². The van der Waals surface area contributed by atoms with Crippen molar-refractivity contribution in [2.24, 2.45) is 5.92 Å². The molecular formula is C25H34N4O3. The van der Waals surface area contributed by atoms with Gasteiger partial charge < -0.3 is 20.5 Å². The van der Waals surface area contributed by atoms with E-state index < -0.39 is 12.0 Å². The van der Waals surface area contributed by atoms with Crippen LogP contribution in [0, 0.1) is 19.8 Å². The molecule has 0 amide bonds. The smallest absolute Gasteiger partial charge is 0.326 e. The van der Waals surface area contributed by atoms with E-state index in [0.717, 1.165) is 61.4 Å². The van der Waals surface area contributed by atoms with Gasteiger partial charge in [-0.15, -0.1) is 0 Å². The highest BCUT2D eigenvalue weighted by atomic mass is 16.5. The highest BCUT2D eigenvalue weighted by Gasteiger charge is 2.30. The molecule has 0 radical (unpaired) electrons. The zero-order chi connectivity index (χ0) is 22.5. The molecule has 0 unspecified atom stereocenters. The number of carbonyl (C=O) groups is 1. The van der Waals surface area contributed by atoms with E-state index in [4.69, 9.17) is 9.72 Å². The third kappa shape index (κ3) is 5.76. The largest absolute Gasteiger partial charge is 0.480 e. The van der Waals surface area contributed by atoms with Crippen LogP contribution in [0.2, 0.25) is 0 Å². The topological polar surface area (TPSA) is 96.4 Å². The first-order chi connectivity index (χ1) is 15.5. The number of rotatable bonds is 10. The summed E-state index contributed by atoms with van der Waals surface area (Å²) in [5, 5.41) is 16.0. The summed E-state index contributed by atoms with van der Waals surface area (Å²) in [7, 11) is 0. The lowest BCUT2D eigenvalue weighted by Crippen LogP contribution is -2.35. The number of nitrogens with one attached hydrogen (secondary N) is 2. The van der Waals surface area contributed by atoms with Crippen LogP contribution < -0.4 is 10.6 Å². The van der Waals surface area contributed by atoms with Crippen molar-refractivity contribution < 1.29 is 14.6 Å². The maximum atomic E-state index is 11.7. The Hall–Kier alpha value is -2.67. The molecule has 1 aliphatic heterocycles. The van der Waals surface area contributed by atoms with Crippen LogP contribution in [0.4, 0.5) is 11.6 Å². The Morgan fingerprint density at radius 1 is 1.25 bits per heavy atom. The molecule has 0 saturated heterocycles. The molecule has 1 fully saturated rings. The third-order valence-corrected chi connectivity index (χ3v) is 6.56. The number of ether oxygens (including phenoxy) is 1. The summed E-state index contributed by atoms with van der Waals surface area (Å²) in [5.74, 6) is 1.49. The zero-order valence-corrected chi connectivity index (χ0v) is 19.1. The molecule has 0 bridgehead atoms. The molecule has 2 aliphatic rings. The van der Waals surface area contributed by atoms with Crippen molar-refractivity contribution in [3.63, 3.8) is 0 Å². The lowest BCUT2D eigenvalue weighted by atomic mass is 9.79. The number of fused-ring (bicyclic) bond motifs is 1. The Bertz CT molecular complexity index is 943. The average Bonchev–Trinajstić information content (AvgIpc) is 2.75. The van der Waals surface area contributed by atoms with Gasteiger partial charge in [-0.05, 0) is 81.5 Å². The summed E-state index contributed by atoms with van der Waals surface area (Å²) < 4.78 is 5.96. The number of carboxylic acid groups (broad SMARTS) is 1. The van der Waals surface area contributed by atoms with Crippen molar-refractivity contribution in [3.8, 4) is 0 Å². The standard InChI is InChI=1S/C25H34N4O3/c1-16-5-6-17(2)27-23(16)29-22(25(30)31)11-13-32-21-14-18(15-21)7-9-20-10-8-19-4-3-12-26-24(19)28-20/h5-6,8,10,18,21-22H,3-4,7,9,11-15H2,1-2H3,(H,26,28)(H,27,29)(H,30,31)/t18?,21?,22-/m0/s1. The van der Waals surface area contributed by atoms with Crippen LogP contribution in [0.25, 0.3) is 0 Å². The van der Waals surface area contributed by atoms with Crippen molar-refractivity contribution in [1.29, 1.82) is 0 Å². The van der Waals surface area contributed by atoms with Crippen LogP contribution in [0.15, 0.2) is 24.3 Å². The van der Waals surface area contributed by atoms with Gasteiger partial charge >= 0.3 is 5.97 Å². The summed E-state index contributed by atoms with van der Waals surface area (Å²) in [6, 6.07) is 7.55. The van der Waals surface area contributed by atoms with Gasteiger partial charge in [-0.1, -0.05) is 12.1 Å². The molecule has 2 aromatic heterocycles. The van der Waals surface area contributed by atoms with E-state index in [1.807, 2.05) is 26.0 Å². The summed E-state index contributed by atoms with van der Waals surface area (Å²) >= 11 is 0. The van der Waals surface area contributed by atoms with Crippen molar-refractivity contribution in [1.82, 2.24) is 9.97 Å². The lowest BCUT2D eigenvalue weighted by molar-refractivity contribution is -0.138. The number of aryl methyl sites for hydroxylation is 4. The molecule has 172 valence electrons. The first-order valence-electron chi connectivity index (χ1n) is 11.8.